The van der Waals surface area contributed by atoms with E-state index in [-0.39, 0.29) is 17.2 Å². The molecule has 0 amide bonds. The number of phenolic OH excluding ortho intramolecular Hbond substituents is 1. The zero-order valence-electron chi connectivity index (χ0n) is 30.8. The lowest BCUT2D eigenvalue weighted by Crippen LogP contribution is -2.29. The fourth-order valence-electron chi connectivity index (χ4n) is 6.01. The van der Waals surface area contributed by atoms with Gasteiger partial charge in [-0.2, -0.15) is 43.2 Å². The van der Waals surface area contributed by atoms with Crippen molar-refractivity contribution in [2.24, 2.45) is 0 Å². The number of aryl methyl sites for hydroxylation is 3. The number of alkyl halides is 6. The second kappa shape index (κ2) is 17.8. The van der Waals surface area contributed by atoms with Crippen molar-refractivity contribution in [3.8, 4) is 17.2 Å². The molecule has 3 aromatic rings. The summed E-state index contributed by atoms with van der Waals surface area (Å²) < 4.78 is 130. The number of benzene rings is 3. The Morgan fingerprint density at radius 1 is 0.585 bits per heavy atom. The highest BCUT2D eigenvalue weighted by Gasteiger charge is 2.49. The summed E-state index contributed by atoms with van der Waals surface area (Å²) in [5.74, 6) is -0.476. The standard InChI is InChI=1S/C22H27F3O4S.C15H21F3O4S/c1-5-8-16-14-18(10-12-20(16)29-30(27,28)22(23,24)25)21(6-2,7-3)17-9-11-19(26)15(4)13-17;1-4-7-11-10-12(14(19,5-2)6-3)8-9-13(11)22-23(20,21)15(16,17)18/h9-14,26H,5-8H2,1-4H3;8-10,19H,4-7H2,1-3H3. The van der Waals surface area contributed by atoms with Crippen LogP contribution in [-0.4, -0.2) is 38.1 Å². The Labute approximate surface area is 308 Å². The predicted molar refractivity (Wildman–Crippen MR) is 191 cm³/mol. The van der Waals surface area contributed by atoms with Crippen molar-refractivity contribution in [1.29, 1.82) is 0 Å². The van der Waals surface area contributed by atoms with Crippen molar-refractivity contribution in [3.63, 3.8) is 0 Å². The smallest absolute Gasteiger partial charge is 0.508 e. The first kappa shape index (κ1) is 45.7. The predicted octanol–water partition coefficient (Wildman–Crippen LogP) is 9.86. The molecule has 0 heterocycles. The van der Waals surface area contributed by atoms with Crippen LogP contribution in [0.3, 0.4) is 0 Å². The highest BCUT2D eigenvalue weighted by molar-refractivity contribution is 7.88. The molecule has 16 heteroatoms. The van der Waals surface area contributed by atoms with Crippen LogP contribution in [0.5, 0.6) is 17.2 Å². The number of phenols is 1. The Bertz CT molecular complexity index is 1900. The maximum absolute atomic E-state index is 12.8. The van der Waals surface area contributed by atoms with Gasteiger partial charge in [0.25, 0.3) is 0 Å². The molecule has 53 heavy (non-hydrogen) atoms. The molecule has 0 bridgehead atoms. The molecule has 2 N–H and O–H groups in total. The summed E-state index contributed by atoms with van der Waals surface area (Å²) in [6, 6.07) is 14.1. The van der Waals surface area contributed by atoms with E-state index in [2.05, 4.69) is 8.37 Å². The number of rotatable bonds is 15. The number of aliphatic hydroxyl groups is 1. The van der Waals surface area contributed by atoms with Gasteiger partial charge in [-0.1, -0.05) is 84.7 Å². The van der Waals surface area contributed by atoms with Gasteiger partial charge in [0.05, 0.1) is 5.60 Å². The molecule has 0 aliphatic carbocycles. The zero-order valence-corrected chi connectivity index (χ0v) is 32.4. The highest BCUT2D eigenvalue weighted by atomic mass is 32.2. The van der Waals surface area contributed by atoms with E-state index in [4.69, 9.17) is 0 Å². The van der Waals surface area contributed by atoms with E-state index in [1.807, 2.05) is 32.9 Å². The Morgan fingerprint density at radius 2 is 0.962 bits per heavy atom. The molecule has 0 radical (unpaired) electrons. The maximum Gasteiger partial charge on any atom is 0.534 e. The van der Waals surface area contributed by atoms with Gasteiger partial charge < -0.3 is 18.6 Å². The van der Waals surface area contributed by atoms with E-state index in [0.29, 0.717) is 68.1 Å². The quantitative estimate of drug-likeness (QED) is 0.0884. The summed E-state index contributed by atoms with van der Waals surface area (Å²) in [6.07, 6.45) is 4.17. The van der Waals surface area contributed by atoms with Crippen LogP contribution in [0, 0.1) is 6.92 Å². The molecule has 3 aromatic carbocycles. The van der Waals surface area contributed by atoms with E-state index < -0.39 is 42.3 Å². The van der Waals surface area contributed by atoms with Gasteiger partial charge in [0.15, 0.2) is 0 Å². The minimum absolute atomic E-state index is 0.188. The van der Waals surface area contributed by atoms with Crippen LogP contribution < -0.4 is 8.37 Å². The largest absolute Gasteiger partial charge is 0.534 e. The van der Waals surface area contributed by atoms with Crippen LogP contribution in [0.4, 0.5) is 26.3 Å². The Hall–Kier alpha value is -3.50. The van der Waals surface area contributed by atoms with Gasteiger partial charge in [0.2, 0.25) is 0 Å². The van der Waals surface area contributed by atoms with E-state index in [9.17, 15) is 53.4 Å². The fraction of sp³-hybridized carbons (Fsp3) is 0.514. The average Bonchev–Trinajstić information content (AvgIpc) is 3.08. The van der Waals surface area contributed by atoms with Gasteiger partial charge in [0, 0.05) is 5.41 Å². The van der Waals surface area contributed by atoms with E-state index >= 15 is 0 Å². The molecule has 0 saturated carbocycles. The van der Waals surface area contributed by atoms with E-state index in [1.165, 1.54) is 24.3 Å². The first-order valence-electron chi connectivity index (χ1n) is 17.2. The third-order valence-corrected chi connectivity index (χ3v) is 11.3. The summed E-state index contributed by atoms with van der Waals surface area (Å²) in [7, 11) is -11.5. The summed E-state index contributed by atoms with van der Waals surface area (Å²) in [5, 5.41) is 20.4. The summed E-state index contributed by atoms with van der Waals surface area (Å²) in [5.41, 5.74) is -8.71. The molecular weight excluding hydrogens is 751 g/mol. The summed E-state index contributed by atoms with van der Waals surface area (Å²) >= 11 is 0. The molecule has 0 spiro atoms. The Kier molecular flexibility index (Phi) is 15.3. The molecule has 8 nitrogen and oxygen atoms in total. The zero-order chi connectivity index (χ0) is 40.6. The maximum atomic E-state index is 12.8. The summed E-state index contributed by atoms with van der Waals surface area (Å²) in [6.45, 7) is 13.1. The molecule has 0 fully saturated rings. The van der Waals surface area contributed by atoms with Crippen LogP contribution in [-0.2, 0) is 44.1 Å². The van der Waals surface area contributed by atoms with E-state index in [1.54, 1.807) is 45.9 Å². The van der Waals surface area contributed by atoms with Gasteiger partial charge in [-0.25, -0.2) is 0 Å². The van der Waals surface area contributed by atoms with Crippen LogP contribution in [0.25, 0.3) is 0 Å². The van der Waals surface area contributed by atoms with Crippen molar-refractivity contribution in [2.75, 3.05) is 0 Å². The Balaban J connectivity index is 0.000000381. The third kappa shape index (κ3) is 10.6. The highest BCUT2D eigenvalue weighted by Crippen LogP contribution is 2.42. The molecule has 0 unspecified atom stereocenters. The van der Waals surface area contributed by atoms with Gasteiger partial charge in [-0.3, -0.25) is 0 Å². The minimum Gasteiger partial charge on any atom is -0.508 e. The minimum atomic E-state index is -5.74. The average molecular weight is 799 g/mol. The second-order valence-electron chi connectivity index (χ2n) is 12.6. The van der Waals surface area contributed by atoms with Gasteiger partial charge in [0.1, 0.15) is 17.2 Å². The van der Waals surface area contributed by atoms with Crippen LogP contribution in [0.1, 0.15) is 113 Å². The van der Waals surface area contributed by atoms with Crippen molar-refractivity contribution in [2.45, 2.75) is 122 Å². The van der Waals surface area contributed by atoms with Gasteiger partial charge in [-0.05, 0) is 103 Å². The number of hydrogen-bond donors (Lipinski definition) is 2. The molecule has 0 aliphatic rings. The molecular formula is C37H48F6O8S2. The van der Waals surface area contributed by atoms with Crippen LogP contribution in [0.2, 0.25) is 0 Å². The normalized spacial score (nSPS) is 12.9. The lowest BCUT2D eigenvalue weighted by molar-refractivity contribution is -0.0505. The molecule has 0 aromatic heterocycles. The van der Waals surface area contributed by atoms with Crippen LogP contribution in [0.15, 0.2) is 54.6 Å². The molecule has 0 saturated heterocycles. The van der Waals surface area contributed by atoms with Gasteiger partial charge >= 0.3 is 31.3 Å². The van der Waals surface area contributed by atoms with Crippen LogP contribution >= 0.6 is 0 Å². The molecule has 298 valence electrons. The molecule has 0 atom stereocenters. The van der Waals surface area contributed by atoms with E-state index in [0.717, 1.165) is 16.7 Å². The first-order chi connectivity index (χ1) is 24.4. The number of hydrogen-bond acceptors (Lipinski definition) is 8. The molecule has 3 rings (SSSR count). The van der Waals surface area contributed by atoms with Gasteiger partial charge in [-0.15, -0.1) is 0 Å². The van der Waals surface area contributed by atoms with Crippen molar-refractivity contribution in [3.05, 3.63) is 88.0 Å². The monoisotopic (exact) mass is 798 g/mol. The second-order valence-corrected chi connectivity index (χ2v) is 15.7. The fourth-order valence-corrected chi connectivity index (χ4v) is 7.00. The summed E-state index contributed by atoms with van der Waals surface area (Å²) in [4.78, 5) is 0. The van der Waals surface area contributed by atoms with Crippen molar-refractivity contribution >= 4 is 20.2 Å². The SMILES string of the molecule is CCCc1cc(C(CC)(CC)c2ccc(O)c(C)c2)ccc1OS(=O)(=O)C(F)(F)F.CCCc1cc(C(O)(CC)CC)ccc1OS(=O)(=O)C(F)(F)F. The number of halogens is 6. The third-order valence-electron chi connectivity index (χ3n) is 9.34. The van der Waals surface area contributed by atoms with Crippen molar-refractivity contribution < 1.29 is 61.8 Å². The Morgan fingerprint density at radius 3 is 1.32 bits per heavy atom. The number of aromatic hydroxyl groups is 1. The lowest BCUT2D eigenvalue weighted by atomic mass is 9.70. The lowest BCUT2D eigenvalue weighted by Gasteiger charge is -2.34. The van der Waals surface area contributed by atoms with Crippen molar-refractivity contribution in [1.82, 2.24) is 0 Å². The molecule has 0 aliphatic heterocycles. The topological polar surface area (TPSA) is 127 Å². The first-order valence-corrected chi connectivity index (χ1v) is 20.0.